The number of methoxy groups -OCH3 is 1. The van der Waals surface area contributed by atoms with Crippen LogP contribution in [0.3, 0.4) is 0 Å². The number of nitrogen functional groups attached to an aromatic ring is 1. The van der Waals surface area contributed by atoms with Crippen LogP contribution in [-0.4, -0.2) is 49.3 Å². The van der Waals surface area contributed by atoms with Gasteiger partial charge in [0, 0.05) is 54.1 Å². The third kappa shape index (κ3) is 5.08. The van der Waals surface area contributed by atoms with Crippen LogP contribution in [0.5, 0.6) is 0 Å². The van der Waals surface area contributed by atoms with Gasteiger partial charge in [-0.15, -0.1) is 0 Å². The maximum Gasteiger partial charge on any atom is 0.340 e. The van der Waals surface area contributed by atoms with Crippen LogP contribution in [0.25, 0.3) is 21.9 Å². The van der Waals surface area contributed by atoms with Gasteiger partial charge in [0.15, 0.2) is 0 Å². The largest absolute Gasteiger partial charge is 0.465 e. The number of pyridine rings is 1. The number of anilines is 1. The summed E-state index contributed by atoms with van der Waals surface area (Å²) in [6.45, 7) is 4.50. The van der Waals surface area contributed by atoms with E-state index in [0.29, 0.717) is 16.6 Å². The monoisotopic (exact) mass is 477 g/mol. The van der Waals surface area contributed by atoms with Gasteiger partial charge in [-0.05, 0) is 52.9 Å². The van der Waals surface area contributed by atoms with E-state index in [2.05, 4.69) is 46.0 Å². The van der Waals surface area contributed by atoms with Crippen molar-refractivity contribution in [2.75, 3.05) is 39.1 Å². The molecule has 1 fully saturated rings. The highest BCUT2D eigenvalue weighted by Crippen LogP contribution is 2.35. The summed E-state index contributed by atoms with van der Waals surface area (Å²) in [7, 11) is 1.35. The zero-order valence-electron chi connectivity index (χ0n) is 20.2. The van der Waals surface area contributed by atoms with Gasteiger partial charge in [0.25, 0.3) is 0 Å². The second-order valence-electron chi connectivity index (χ2n) is 8.71. The molecule has 4 aromatic rings. The number of morpholine rings is 1. The summed E-state index contributed by atoms with van der Waals surface area (Å²) < 4.78 is 10.4. The molecule has 0 amide bonds. The van der Waals surface area contributed by atoms with E-state index < -0.39 is 5.97 Å². The smallest absolute Gasteiger partial charge is 0.340 e. The number of nitrogens with zero attached hydrogens (tertiary/aromatic N) is 2. The molecule has 0 radical (unpaired) electrons. The minimum absolute atomic E-state index is 0.332. The SMILES string of the molecule is COC(=O)c1c(N)c(-c2ccc(C#Cc3ccc(CN4CCOCC4)cc3)cc2)cc2ccncc12. The number of ether oxygens (including phenoxy) is 2. The molecule has 6 heteroatoms. The Labute approximate surface area is 210 Å². The Bertz CT molecular complexity index is 1450. The fourth-order valence-corrected chi connectivity index (χ4v) is 4.40. The molecule has 5 rings (SSSR count). The molecule has 0 aliphatic carbocycles. The fraction of sp³-hybridized carbons (Fsp3) is 0.200. The molecule has 0 spiro atoms. The van der Waals surface area contributed by atoms with Crippen molar-refractivity contribution in [2.45, 2.75) is 6.54 Å². The zero-order chi connectivity index (χ0) is 24.9. The van der Waals surface area contributed by atoms with Crippen molar-refractivity contribution in [1.29, 1.82) is 0 Å². The van der Waals surface area contributed by atoms with Crippen LogP contribution in [0.15, 0.2) is 73.1 Å². The van der Waals surface area contributed by atoms with Gasteiger partial charge in [-0.3, -0.25) is 9.88 Å². The summed E-state index contributed by atoms with van der Waals surface area (Å²) in [4.78, 5) is 19.0. The van der Waals surface area contributed by atoms with Gasteiger partial charge in [-0.2, -0.15) is 0 Å². The molecule has 0 unspecified atom stereocenters. The third-order valence-electron chi connectivity index (χ3n) is 6.38. The Morgan fingerprint density at radius 1 is 1.03 bits per heavy atom. The Kier molecular flexibility index (Phi) is 6.94. The lowest BCUT2D eigenvalue weighted by Gasteiger charge is -2.26. The predicted molar refractivity (Wildman–Crippen MR) is 141 cm³/mol. The maximum atomic E-state index is 12.5. The van der Waals surface area contributed by atoms with E-state index in [4.69, 9.17) is 15.2 Å². The number of aromatic nitrogens is 1. The number of benzene rings is 3. The quantitative estimate of drug-likeness (QED) is 0.265. The van der Waals surface area contributed by atoms with Crippen LogP contribution in [0.1, 0.15) is 27.0 Å². The van der Waals surface area contributed by atoms with Crippen LogP contribution in [-0.2, 0) is 16.0 Å². The van der Waals surface area contributed by atoms with Gasteiger partial charge < -0.3 is 15.2 Å². The highest BCUT2D eigenvalue weighted by Gasteiger charge is 2.19. The first-order valence-corrected chi connectivity index (χ1v) is 11.9. The molecule has 1 saturated heterocycles. The normalized spacial score (nSPS) is 13.7. The summed E-state index contributed by atoms with van der Waals surface area (Å²) >= 11 is 0. The Morgan fingerprint density at radius 2 is 1.69 bits per heavy atom. The van der Waals surface area contributed by atoms with E-state index in [1.54, 1.807) is 12.4 Å². The Balaban J connectivity index is 1.35. The van der Waals surface area contributed by atoms with E-state index in [9.17, 15) is 4.79 Å². The van der Waals surface area contributed by atoms with Crippen molar-refractivity contribution in [2.24, 2.45) is 0 Å². The van der Waals surface area contributed by atoms with Crippen molar-refractivity contribution in [3.63, 3.8) is 0 Å². The van der Waals surface area contributed by atoms with E-state index in [1.807, 2.05) is 36.4 Å². The Morgan fingerprint density at radius 3 is 2.36 bits per heavy atom. The molecule has 1 aromatic heterocycles. The molecule has 0 saturated carbocycles. The van der Waals surface area contributed by atoms with E-state index >= 15 is 0 Å². The molecule has 2 N–H and O–H groups in total. The van der Waals surface area contributed by atoms with Gasteiger partial charge in [0.2, 0.25) is 0 Å². The number of hydrogen-bond acceptors (Lipinski definition) is 6. The lowest BCUT2D eigenvalue weighted by molar-refractivity contribution is 0.0342. The summed E-state index contributed by atoms with van der Waals surface area (Å²) in [5.74, 6) is 5.99. The highest BCUT2D eigenvalue weighted by molar-refractivity contribution is 6.12. The lowest BCUT2D eigenvalue weighted by atomic mass is 9.95. The second-order valence-corrected chi connectivity index (χ2v) is 8.71. The highest BCUT2D eigenvalue weighted by atomic mass is 16.5. The van der Waals surface area contributed by atoms with Crippen molar-refractivity contribution >= 4 is 22.4 Å². The minimum atomic E-state index is -0.481. The second kappa shape index (κ2) is 10.6. The Hall–Kier alpha value is -4.18. The first kappa shape index (κ1) is 23.6. The topological polar surface area (TPSA) is 77.7 Å². The van der Waals surface area contributed by atoms with Crippen LogP contribution in [0.2, 0.25) is 0 Å². The van der Waals surface area contributed by atoms with Crippen molar-refractivity contribution < 1.29 is 14.3 Å². The van der Waals surface area contributed by atoms with Crippen LogP contribution >= 0.6 is 0 Å². The van der Waals surface area contributed by atoms with Gasteiger partial charge in [-0.1, -0.05) is 36.1 Å². The number of rotatable bonds is 4. The van der Waals surface area contributed by atoms with Crippen LogP contribution < -0.4 is 5.73 Å². The summed E-state index contributed by atoms with van der Waals surface area (Å²) in [6, 6.07) is 20.1. The summed E-state index contributed by atoms with van der Waals surface area (Å²) in [5, 5.41) is 1.54. The molecule has 0 atom stereocenters. The van der Waals surface area contributed by atoms with E-state index in [0.717, 1.165) is 60.5 Å². The van der Waals surface area contributed by atoms with Gasteiger partial charge in [0.05, 0.1) is 31.6 Å². The van der Waals surface area contributed by atoms with Crippen molar-refractivity contribution in [3.05, 3.63) is 95.3 Å². The fourth-order valence-electron chi connectivity index (χ4n) is 4.40. The van der Waals surface area contributed by atoms with Crippen LogP contribution in [0, 0.1) is 11.8 Å². The molecule has 6 nitrogen and oxygen atoms in total. The third-order valence-corrected chi connectivity index (χ3v) is 6.38. The maximum absolute atomic E-state index is 12.5. The molecule has 180 valence electrons. The van der Waals surface area contributed by atoms with Gasteiger partial charge >= 0.3 is 5.97 Å². The number of esters is 1. The molecule has 1 aliphatic rings. The minimum Gasteiger partial charge on any atom is -0.465 e. The molecule has 3 aromatic carbocycles. The first-order chi connectivity index (χ1) is 17.6. The van der Waals surface area contributed by atoms with Crippen LogP contribution in [0.4, 0.5) is 5.69 Å². The lowest BCUT2D eigenvalue weighted by Crippen LogP contribution is -2.35. The van der Waals surface area contributed by atoms with Crippen molar-refractivity contribution in [3.8, 4) is 23.0 Å². The van der Waals surface area contributed by atoms with E-state index in [1.165, 1.54) is 12.7 Å². The molecule has 36 heavy (non-hydrogen) atoms. The summed E-state index contributed by atoms with van der Waals surface area (Å²) in [5.41, 5.74) is 12.0. The van der Waals surface area contributed by atoms with Crippen molar-refractivity contribution in [1.82, 2.24) is 9.88 Å². The predicted octanol–water partition coefficient (Wildman–Crippen LogP) is 4.50. The average molecular weight is 478 g/mol. The molecular weight excluding hydrogens is 450 g/mol. The number of carbonyl (C=O) groups excluding carboxylic acids is 1. The number of hydrogen-bond donors (Lipinski definition) is 1. The van der Waals surface area contributed by atoms with E-state index in [-0.39, 0.29) is 0 Å². The zero-order valence-corrected chi connectivity index (χ0v) is 20.2. The first-order valence-electron chi connectivity index (χ1n) is 11.9. The number of carbonyl (C=O) groups is 1. The molecule has 0 bridgehead atoms. The summed E-state index contributed by atoms with van der Waals surface area (Å²) in [6.07, 6.45) is 3.33. The number of fused-ring (bicyclic) bond motifs is 1. The standard InChI is InChI=1S/C30H27N3O3/c1-35-30(34)28-27-19-32-13-12-25(27)18-26(29(28)31)24-10-8-22(9-11-24)3-2-21-4-6-23(7-5-21)20-33-14-16-36-17-15-33/h4-13,18-19H,14-17,20,31H2,1H3. The average Bonchev–Trinajstić information content (AvgIpc) is 2.93. The van der Waals surface area contributed by atoms with Gasteiger partial charge in [-0.25, -0.2) is 4.79 Å². The molecular formula is C30H27N3O3. The molecule has 1 aliphatic heterocycles. The molecule has 2 heterocycles. The number of nitrogens with two attached hydrogens (primary N) is 1. The van der Waals surface area contributed by atoms with Gasteiger partial charge in [0.1, 0.15) is 0 Å².